The Morgan fingerprint density at radius 3 is 1.88 bits per heavy atom. The molecule has 2 fully saturated rings. The Hall–Kier alpha value is -0.0400. The van der Waals surface area contributed by atoms with Crippen LogP contribution in [-0.4, -0.2) is 22.0 Å². The fourth-order valence-corrected chi connectivity index (χ4v) is 3.84. The van der Waals surface area contributed by atoms with Crippen molar-refractivity contribution in [3.63, 3.8) is 0 Å². The van der Waals surface area contributed by atoms with E-state index in [4.69, 9.17) is 0 Å². The van der Waals surface area contributed by atoms with Gasteiger partial charge in [-0.1, -0.05) is 27.2 Å². The lowest BCUT2D eigenvalue weighted by Gasteiger charge is -2.55. The average molecular weight is 223 g/mol. The predicted molar refractivity (Wildman–Crippen MR) is 70.7 cm³/mol. The smallest absolute Gasteiger partial charge is 0.0219 e. The summed E-state index contributed by atoms with van der Waals surface area (Å²) in [6.45, 7) is 14.4. The molecule has 1 heterocycles. The van der Waals surface area contributed by atoms with Gasteiger partial charge in [-0.2, -0.15) is 0 Å². The van der Waals surface area contributed by atoms with Crippen LogP contribution in [0.1, 0.15) is 73.6 Å². The molecule has 1 heteroatoms. The molecule has 1 saturated heterocycles. The molecule has 0 radical (unpaired) electrons. The minimum Gasteiger partial charge on any atom is -0.289 e. The first-order valence-electron chi connectivity index (χ1n) is 6.96. The van der Waals surface area contributed by atoms with Gasteiger partial charge in [0.25, 0.3) is 0 Å². The van der Waals surface area contributed by atoms with Crippen LogP contribution in [-0.2, 0) is 0 Å². The van der Waals surface area contributed by atoms with E-state index in [9.17, 15) is 0 Å². The lowest BCUT2D eigenvalue weighted by molar-refractivity contribution is -0.0570. The molecule has 0 aromatic rings. The molecule has 1 aliphatic carbocycles. The Bertz CT molecular complexity index is 262. The summed E-state index contributed by atoms with van der Waals surface area (Å²) in [6.07, 6.45) is 7.15. The molecule has 1 nitrogen and oxygen atoms in total. The van der Waals surface area contributed by atoms with Gasteiger partial charge in [0.15, 0.2) is 0 Å². The molecule has 2 rings (SSSR count). The van der Waals surface area contributed by atoms with E-state index in [2.05, 4.69) is 46.4 Å². The zero-order valence-corrected chi connectivity index (χ0v) is 12.1. The van der Waals surface area contributed by atoms with Crippen LogP contribution >= 0.6 is 0 Å². The van der Waals surface area contributed by atoms with Crippen LogP contribution in [0.15, 0.2) is 0 Å². The van der Waals surface area contributed by atoms with Crippen molar-refractivity contribution < 1.29 is 0 Å². The highest BCUT2D eigenvalue weighted by Crippen LogP contribution is 2.55. The van der Waals surface area contributed by atoms with Crippen molar-refractivity contribution in [3.8, 4) is 0 Å². The minimum atomic E-state index is 0.328. The van der Waals surface area contributed by atoms with E-state index in [0.29, 0.717) is 16.5 Å². The second-order valence-electron chi connectivity index (χ2n) is 8.04. The summed E-state index contributed by atoms with van der Waals surface area (Å²) in [4.78, 5) is 2.88. The Kier molecular flexibility index (Phi) is 2.70. The molecule has 1 atom stereocenters. The molecule has 2 aliphatic rings. The van der Waals surface area contributed by atoms with Crippen LogP contribution in [0, 0.1) is 5.41 Å². The van der Waals surface area contributed by atoms with Crippen molar-refractivity contribution in [3.05, 3.63) is 0 Å². The maximum Gasteiger partial charge on any atom is 0.0219 e. The van der Waals surface area contributed by atoms with Gasteiger partial charge in [0, 0.05) is 17.1 Å². The van der Waals surface area contributed by atoms with Gasteiger partial charge in [-0.3, -0.25) is 4.90 Å². The molecule has 0 N–H and O–H groups in total. The Morgan fingerprint density at radius 1 is 0.938 bits per heavy atom. The predicted octanol–water partition coefficient (Wildman–Crippen LogP) is 4.22. The quantitative estimate of drug-likeness (QED) is 0.594. The monoisotopic (exact) mass is 223 g/mol. The van der Waals surface area contributed by atoms with Crippen LogP contribution in [0.4, 0.5) is 0 Å². The van der Waals surface area contributed by atoms with Crippen molar-refractivity contribution in [1.29, 1.82) is 0 Å². The summed E-state index contributed by atoms with van der Waals surface area (Å²) < 4.78 is 0. The van der Waals surface area contributed by atoms with Crippen molar-refractivity contribution >= 4 is 0 Å². The molecule has 1 spiro atoms. The zero-order valence-electron chi connectivity index (χ0n) is 12.1. The Morgan fingerprint density at radius 2 is 1.50 bits per heavy atom. The number of rotatable bonds is 0. The SMILES string of the molecule is CC(C)(C)C1CCCC2(CC2)N1C(C)(C)C. The van der Waals surface area contributed by atoms with E-state index >= 15 is 0 Å². The largest absolute Gasteiger partial charge is 0.289 e. The first-order valence-corrected chi connectivity index (χ1v) is 6.96. The number of hydrogen-bond acceptors (Lipinski definition) is 1. The van der Waals surface area contributed by atoms with Gasteiger partial charge in [0.2, 0.25) is 0 Å². The summed E-state index contributed by atoms with van der Waals surface area (Å²) >= 11 is 0. The van der Waals surface area contributed by atoms with Crippen LogP contribution in [0.3, 0.4) is 0 Å². The summed E-state index contributed by atoms with van der Waals surface area (Å²) in [6, 6.07) is 0.767. The normalized spacial score (nSPS) is 30.8. The van der Waals surface area contributed by atoms with E-state index in [1.807, 2.05) is 0 Å². The molecule has 0 bridgehead atoms. The third-order valence-electron chi connectivity index (χ3n) is 4.49. The van der Waals surface area contributed by atoms with Crippen LogP contribution < -0.4 is 0 Å². The molecule has 1 unspecified atom stereocenters. The standard InChI is InChI=1S/C15H29N/c1-13(2,3)12-8-7-9-15(10-11-15)16(12)14(4,5)6/h12H,7-11H2,1-6H3. The first kappa shape index (κ1) is 12.4. The third kappa shape index (κ3) is 2.03. The highest BCUT2D eigenvalue weighted by atomic mass is 15.3. The summed E-state index contributed by atoms with van der Waals surface area (Å²) in [5, 5.41) is 0. The molecule has 0 aromatic carbocycles. The maximum absolute atomic E-state index is 2.88. The fraction of sp³-hybridized carbons (Fsp3) is 1.00. The number of piperidine rings is 1. The highest BCUT2D eigenvalue weighted by Gasteiger charge is 2.56. The summed E-state index contributed by atoms with van der Waals surface area (Å²) in [5.74, 6) is 0. The summed E-state index contributed by atoms with van der Waals surface area (Å²) in [7, 11) is 0. The van der Waals surface area contributed by atoms with Gasteiger partial charge in [-0.25, -0.2) is 0 Å². The number of hydrogen-bond donors (Lipinski definition) is 0. The van der Waals surface area contributed by atoms with Gasteiger partial charge in [0.05, 0.1) is 0 Å². The van der Waals surface area contributed by atoms with Gasteiger partial charge in [0.1, 0.15) is 0 Å². The Balaban J connectivity index is 2.30. The topological polar surface area (TPSA) is 3.24 Å². The zero-order chi connectivity index (χ0) is 12.2. The van der Waals surface area contributed by atoms with E-state index in [1.54, 1.807) is 0 Å². The molecular formula is C15H29N. The van der Waals surface area contributed by atoms with E-state index in [-0.39, 0.29) is 0 Å². The molecule has 0 aromatic heterocycles. The minimum absolute atomic E-state index is 0.328. The van der Waals surface area contributed by atoms with Crippen molar-refractivity contribution in [2.75, 3.05) is 0 Å². The molecule has 94 valence electrons. The Labute approximate surface area is 102 Å². The molecule has 16 heavy (non-hydrogen) atoms. The van der Waals surface area contributed by atoms with Crippen LogP contribution in [0.2, 0.25) is 0 Å². The van der Waals surface area contributed by atoms with Gasteiger partial charge in [-0.05, 0) is 51.9 Å². The second-order valence-corrected chi connectivity index (χ2v) is 8.04. The van der Waals surface area contributed by atoms with Crippen LogP contribution in [0.25, 0.3) is 0 Å². The molecular weight excluding hydrogens is 194 g/mol. The van der Waals surface area contributed by atoms with Crippen molar-refractivity contribution in [2.24, 2.45) is 5.41 Å². The highest BCUT2D eigenvalue weighted by molar-refractivity contribution is 5.12. The second kappa shape index (κ2) is 3.48. The number of nitrogens with zero attached hydrogens (tertiary/aromatic N) is 1. The van der Waals surface area contributed by atoms with E-state index in [1.165, 1.54) is 32.1 Å². The van der Waals surface area contributed by atoms with Gasteiger partial charge < -0.3 is 0 Å². The molecule has 1 aliphatic heterocycles. The lowest BCUT2D eigenvalue weighted by atomic mass is 9.75. The maximum atomic E-state index is 2.88. The lowest BCUT2D eigenvalue weighted by Crippen LogP contribution is -2.61. The van der Waals surface area contributed by atoms with Gasteiger partial charge >= 0.3 is 0 Å². The van der Waals surface area contributed by atoms with Gasteiger partial charge in [-0.15, -0.1) is 0 Å². The third-order valence-corrected chi connectivity index (χ3v) is 4.49. The molecule has 1 saturated carbocycles. The summed E-state index contributed by atoms with van der Waals surface area (Å²) in [5.41, 5.74) is 1.34. The first-order chi connectivity index (χ1) is 7.17. The van der Waals surface area contributed by atoms with Crippen molar-refractivity contribution in [1.82, 2.24) is 4.90 Å². The average Bonchev–Trinajstić information content (AvgIpc) is 2.81. The number of likely N-dealkylation sites (tertiary alicyclic amines) is 1. The van der Waals surface area contributed by atoms with E-state index < -0.39 is 0 Å². The molecule has 0 amide bonds. The fourth-order valence-electron chi connectivity index (χ4n) is 3.84. The van der Waals surface area contributed by atoms with E-state index in [0.717, 1.165) is 6.04 Å². The van der Waals surface area contributed by atoms with Crippen LogP contribution in [0.5, 0.6) is 0 Å². The van der Waals surface area contributed by atoms with Crippen molar-refractivity contribution in [2.45, 2.75) is 90.8 Å².